The average Bonchev–Trinajstić information content (AvgIpc) is 3.10. The molecule has 0 unspecified atom stereocenters. The van der Waals surface area contributed by atoms with E-state index >= 15 is 0 Å². The van der Waals surface area contributed by atoms with Crippen LogP contribution < -0.4 is 5.32 Å². The fourth-order valence-corrected chi connectivity index (χ4v) is 3.85. The number of aromatic nitrogens is 1. The molecular formula is C20H29F2N3O3. The molecule has 1 saturated heterocycles. The Balaban J connectivity index is 1.56. The zero-order chi connectivity index (χ0) is 20.5. The largest absolute Gasteiger partial charge is 0.359 e. The molecule has 2 aliphatic rings. The Morgan fingerprint density at radius 2 is 1.89 bits per heavy atom. The molecule has 2 fully saturated rings. The van der Waals surface area contributed by atoms with E-state index in [2.05, 4.69) is 10.5 Å². The standard InChI is InChI=1S/C20H29F2N3O3/c1-19(2,3)15-11-16(24-28-15)23-17(26)14-5-4-10-25(12-14)18(27)13-6-8-20(21,22)9-7-13/h11,13-14H,4-10,12H2,1-3H3,(H,23,24,26)/t14-/m0/s1. The molecule has 1 atom stereocenters. The lowest BCUT2D eigenvalue weighted by atomic mass is 9.85. The second kappa shape index (κ2) is 7.79. The summed E-state index contributed by atoms with van der Waals surface area (Å²) >= 11 is 0. The van der Waals surface area contributed by atoms with Crippen molar-refractivity contribution in [2.24, 2.45) is 11.8 Å². The maximum Gasteiger partial charge on any atom is 0.248 e. The van der Waals surface area contributed by atoms with Crippen molar-refractivity contribution in [3.63, 3.8) is 0 Å². The van der Waals surface area contributed by atoms with E-state index in [1.165, 1.54) is 0 Å². The van der Waals surface area contributed by atoms with E-state index in [1.807, 2.05) is 20.8 Å². The quantitative estimate of drug-likeness (QED) is 0.837. The molecule has 1 aromatic rings. The molecule has 0 radical (unpaired) electrons. The van der Waals surface area contributed by atoms with Gasteiger partial charge in [0.2, 0.25) is 17.7 Å². The van der Waals surface area contributed by atoms with Gasteiger partial charge in [0.1, 0.15) is 5.76 Å². The van der Waals surface area contributed by atoms with Crippen molar-refractivity contribution < 1.29 is 22.9 Å². The summed E-state index contributed by atoms with van der Waals surface area (Å²) in [6.07, 6.45) is 1.37. The number of alkyl halides is 2. The molecular weight excluding hydrogens is 368 g/mol. The van der Waals surface area contributed by atoms with Gasteiger partial charge in [-0.15, -0.1) is 0 Å². The number of amides is 2. The van der Waals surface area contributed by atoms with Crippen molar-refractivity contribution in [1.82, 2.24) is 10.1 Å². The van der Waals surface area contributed by atoms with Gasteiger partial charge in [-0.25, -0.2) is 8.78 Å². The van der Waals surface area contributed by atoms with Gasteiger partial charge in [0.15, 0.2) is 5.82 Å². The van der Waals surface area contributed by atoms with Crippen LogP contribution in [0.3, 0.4) is 0 Å². The predicted molar refractivity (Wildman–Crippen MR) is 100 cm³/mol. The number of piperidine rings is 1. The number of carbonyl (C=O) groups excluding carboxylic acids is 2. The SMILES string of the molecule is CC(C)(C)c1cc(NC(=O)[C@H]2CCCN(C(=O)C3CCC(F)(F)CC3)C2)no1. The Morgan fingerprint density at radius 1 is 1.21 bits per heavy atom. The topological polar surface area (TPSA) is 75.4 Å². The average molecular weight is 397 g/mol. The highest BCUT2D eigenvalue weighted by atomic mass is 19.3. The molecule has 3 rings (SSSR count). The Bertz CT molecular complexity index is 717. The second-order valence-electron chi connectivity index (χ2n) is 9.07. The van der Waals surface area contributed by atoms with Crippen molar-refractivity contribution in [2.75, 3.05) is 18.4 Å². The van der Waals surface area contributed by atoms with Crippen LogP contribution in [0.15, 0.2) is 10.6 Å². The lowest BCUT2D eigenvalue weighted by molar-refractivity contribution is -0.142. The number of hydrogen-bond acceptors (Lipinski definition) is 4. The van der Waals surface area contributed by atoms with Crippen molar-refractivity contribution in [3.8, 4) is 0 Å². The molecule has 28 heavy (non-hydrogen) atoms. The summed E-state index contributed by atoms with van der Waals surface area (Å²) in [4.78, 5) is 27.0. The Hall–Kier alpha value is -1.99. The van der Waals surface area contributed by atoms with Crippen LogP contribution in [-0.4, -0.2) is 40.9 Å². The lowest BCUT2D eigenvalue weighted by Gasteiger charge is -2.36. The van der Waals surface area contributed by atoms with Crippen LogP contribution in [0.5, 0.6) is 0 Å². The van der Waals surface area contributed by atoms with Gasteiger partial charge in [-0.05, 0) is 25.7 Å². The van der Waals surface area contributed by atoms with E-state index in [4.69, 9.17) is 4.52 Å². The highest BCUT2D eigenvalue weighted by molar-refractivity contribution is 5.92. The molecule has 0 aromatic carbocycles. The fraction of sp³-hybridized carbons (Fsp3) is 0.750. The molecule has 2 heterocycles. The first-order valence-electron chi connectivity index (χ1n) is 10.00. The highest BCUT2D eigenvalue weighted by Gasteiger charge is 2.40. The molecule has 8 heteroatoms. The number of nitrogens with zero attached hydrogens (tertiary/aromatic N) is 2. The number of likely N-dealkylation sites (tertiary alicyclic amines) is 1. The summed E-state index contributed by atoms with van der Waals surface area (Å²) in [7, 11) is 0. The van der Waals surface area contributed by atoms with Crippen LogP contribution in [0.25, 0.3) is 0 Å². The van der Waals surface area contributed by atoms with Gasteiger partial charge in [0.25, 0.3) is 0 Å². The molecule has 0 bridgehead atoms. The predicted octanol–water partition coefficient (Wildman–Crippen LogP) is 3.97. The summed E-state index contributed by atoms with van der Waals surface area (Å²) in [6, 6.07) is 1.71. The first-order valence-corrected chi connectivity index (χ1v) is 10.00. The van der Waals surface area contributed by atoms with Gasteiger partial charge in [-0.3, -0.25) is 9.59 Å². The summed E-state index contributed by atoms with van der Waals surface area (Å²) < 4.78 is 32.0. The van der Waals surface area contributed by atoms with E-state index in [1.54, 1.807) is 11.0 Å². The minimum atomic E-state index is -2.65. The van der Waals surface area contributed by atoms with Crippen LogP contribution in [0.1, 0.15) is 65.1 Å². The summed E-state index contributed by atoms with van der Waals surface area (Å²) in [5.74, 6) is -2.58. The van der Waals surface area contributed by atoms with Crippen molar-refractivity contribution in [3.05, 3.63) is 11.8 Å². The van der Waals surface area contributed by atoms with E-state index in [-0.39, 0.29) is 54.7 Å². The molecule has 156 valence electrons. The fourth-order valence-electron chi connectivity index (χ4n) is 3.85. The normalized spacial score (nSPS) is 23.5. The molecule has 2 amide bonds. The van der Waals surface area contributed by atoms with Crippen LogP contribution >= 0.6 is 0 Å². The van der Waals surface area contributed by atoms with Crippen LogP contribution in [0.4, 0.5) is 14.6 Å². The molecule has 1 saturated carbocycles. The number of anilines is 1. The zero-order valence-corrected chi connectivity index (χ0v) is 16.8. The number of carbonyl (C=O) groups is 2. The van der Waals surface area contributed by atoms with E-state index in [0.29, 0.717) is 31.1 Å². The number of hydrogen-bond donors (Lipinski definition) is 1. The molecule has 1 N–H and O–H groups in total. The van der Waals surface area contributed by atoms with Crippen LogP contribution in [0, 0.1) is 11.8 Å². The number of rotatable bonds is 3. The molecule has 0 spiro atoms. The minimum Gasteiger partial charge on any atom is -0.359 e. The number of halogens is 2. The second-order valence-corrected chi connectivity index (χ2v) is 9.07. The smallest absolute Gasteiger partial charge is 0.248 e. The van der Waals surface area contributed by atoms with Gasteiger partial charge in [0.05, 0.1) is 5.92 Å². The van der Waals surface area contributed by atoms with Crippen molar-refractivity contribution in [2.45, 2.75) is 70.6 Å². The van der Waals surface area contributed by atoms with Crippen LogP contribution in [-0.2, 0) is 15.0 Å². The van der Waals surface area contributed by atoms with Crippen molar-refractivity contribution >= 4 is 17.6 Å². The lowest BCUT2D eigenvalue weighted by Crippen LogP contribution is -2.47. The Labute approximate surface area is 164 Å². The molecule has 6 nitrogen and oxygen atoms in total. The van der Waals surface area contributed by atoms with Crippen molar-refractivity contribution in [1.29, 1.82) is 0 Å². The third-order valence-corrected chi connectivity index (χ3v) is 5.67. The van der Waals surface area contributed by atoms with Gasteiger partial charge in [0, 0.05) is 43.3 Å². The maximum atomic E-state index is 13.3. The monoisotopic (exact) mass is 397 g/mol. The van der Waals surface area contributed by atoms with Gasteiger partial charge in [-0.2, -0.15) is 0 Å². The van der Waals surface area contributed by atoms with Gasteiger partial charge < -0.3 is 14.7 Å². The Morgan fingerprint density at radius 3 is 2.50 bits per heavy atom. The summed E-state index contributed by atoms with van der Waals surface area (Å²) in [6.45, 7) is 6.87. The maximum absolute atomic E-state index is 13.3. The van der Waals surface area contributed by atoms with Crippen LogP contribution in [0.2, 0.25) is 0 Å². The Kier molecular flexibility index (Phi) is 5.77. The third-order valence-electron chi connectivity index (χ3n) is 5.67. The molecule has 1 aromatic heterocycles. The van der Waals surface area contributed by atoms with Gasteiger partial charge in [-0.1, -0.05) is 25.9 Å². The number of nitrogens with one attached hydrogen (secondary N) is 1. The highest BCUT2D eigenvalue weighted by Crippen LogP contribution is 2.37. The summed E-state index contributed by atoms with van der Waals surface area (Å²) in [5, 5.41) is 6.67. The van der Waals surface area contributed by atoms with Gasteiger partial charge >= 0.3 is 0 Å². The summed E-state index contributed by atoms with van der Waals surface area (Å²) in [5.41, 5.74) is -0.208. The molecule has 1 aliphatic carbocycles. The first kappa shape index (κ1) is 20.7. The van der Waals surface area contributed by atoms with E-state index < -0.39 is 5.92 Å². The minimum absolute atomic E-state index is 0.0931. The van der Waals surface area contributed by atoms with E-state index in [0.717, 1.165) is 6.42 Å². The first-order chi connectivity index (χ1) is 13.0. The zero-order valence-electron chi connectivity index (χ0n) is 16.8. The molecule has 1 aliphatic heterocycles. The van der Waals surface area contributed by atoms with E-state index in [9.17, 15) is 18.4 Å². The third kappa shape index (κ3) is 4.89.